The number of hydrogen-bond donors (Lipinski definition) is 0. The highest BCUT2D eigenvalue weighted by Gasteiger charge is 2.11. The van der Waals surface area contributed by atoms with Crippen molar-refractivity contribution in [2.45, 2.75) is 11.8 Å². The van der Waals surface area contributed by atoms with E-state index in [1.54, 1.807) is 0 Å². The van der Waals surface area contributed by atoms with Gasteiger partial charge in [-0.3, -0.25) is 0 Å². The lowest BCUT2D eigenvalue weighted by atomic mass is 10.3. The Morgan fingerprint density at radius 3 is 2.47 bits per heavy atom. The molecule has 0 atom stereocenters. The SMILES string of the molecule is CCOc1ccc(S(=O)(=O)N=[N+]=[N-])cc1. The van der Waals surface area contributed by atoms with E-state index in [4.69, 9.17) is 10.3 Å². The molecule has 0 spiro atoms. The summed E-state index contributed by atoms with van der Waals surface area (Å²) >= 11 is 0. The molecule has 1 aromatic carbocycles. The minimum atomic E-state index is -3.89. The first-order valence-corrected chi connectivity index (χ1v) is 5.58. The van der Waals surface area contributed by atoms with Gasteiger partial charge in [0, 0.05) is 9.43 Å². The first-order valence-electron chi connectivity index (χ1n) is 4.14. The second-order valence-electron chi connectivity index (χ2n) is 2.55. The molecule has 1 rings (SSSR count). The molecule has 0 heterocycles. The van der Waals surface area contributed by atoms with E-state index >= 15 is 0 Å². The number of nitrogens with zero attached hydrogens (tertiary/aromatic N) is 3. The Balaban J connectivity index is 3.04. The zero-order chi connectivity index (χ0) is 11.3. The zero-order valence-electron chi connectivity index (χ0n) is 7.99. The summed E-state index contributed by atoms with van der Waals surface area (Å²) in [5, 5.41) is 0. The molecule has 0 aliphatic heterocycles. The molecule has 80 valence electrons. The Hall–Kier alpha value is -1.72. The van der Waals surface area contributed by atoms with Crippen LogP contribution in [0.25, 0.3) is 10.4 Å². The normalized spacial score (nSPS) is 10.5. The van der Waals surface area contributed by atoms with Crippen molar-refractivity contribution in [2.75, 3.05) is 6.61 Å². The van der Waals surface area contributed by atoms with Gasteiger partial charge in [-0.2, -0.15) is 0 Å². The van der Waals surface area contributed by atoms with Gasteiger partial charge in [0.1, 0.15) is 5.75 Å². The summed E-state index contributed by atoms with van der Waals surface area (Å²) in [6.07, 6.45) is 0. The van der Waals surface area contributed by atoms with Gasteiger partial charge < -0.3 is 4.74 Å². The Labute approximate surface area is 87.2 Å². The average molecular weight is 227 g/mol. The molecular weight excluding hydrogens is 218 g/mol. The molecule has 0 amide bonds. The fourth-order valence-electron chi connectivity index (χ4n) is 0.970. The van der Waals surface area contributed by atoms with Crippen LogP contribution in [0, 0.1) is 0 Å². The van der Waals surface area contributed by atoms with E-state index in [1.165, 1.54) is 24.3 Å². The van der Waals surface area contributed by atoms with Crippen LogP contribution in [-0.4, -0.2) is 15.0 Å². The molecule has 0 bridgehead atoms. The maximum absolute atomic E-state index is 11.2. The third-order valence-electron chi connectivity index (χ3n) is 1.58. The van der Waals surface area contributed by atoms with E-state index in [1.807, 2.05) is 6.92 Å². The number of ether oxygens (including phenoxy) is 1. The van der Waals surface area contributed by atoms with Gasteiger partial charge in [-0.25, -0.2) is 8.42 Å². The highest BCUT2D eigenvalue weighted by Crippen LogP contribution is 2.17. The summed E-state index contributed by atoms with van der Waals surface area (Å²) in [5.41, 5.74) is 8.06. The lowest BCUT2D eigenvalue weighted by Gasteiger charge is -2.02. The fraction of sp³-hybridized carbons (Fsp3) is 0.250. The van der Waals surface area contributed by atoms with Gasteiger partial charge >= 0.3 is 0 Å². The topological polar surface area (TPSA) is 92.1 Å². The quantitative estimate of drug-likeness (QED) is 0.447. The van der Waals surface area contributed by atoms with Crippen molar-refractivity contribution in [3.8, 4) is 5.75 Å². The summed E-state index contributed by atoms with van der Waals surface area (Å²) in [4.78, 5) is 2.20. The molecule has 0 fully saturated rings. The molecule has 0 saturated heterocycles. The highest BCUT2D eigenvalue weighted by atomic mass is 32.2. The zero-order valence-corrected chi connectivity index (χ0v) is 8.81. The predicted octanol–water partition coefficient (Wildman–Crippen LogP) is 2.08. The van der Waals surface area contributed by atoms with Crippen LogP contribution in [0.3, 0.4) is 0 Å². The smallest absolute Gasteiger partial charge is 0.264 e. The van der Waals surface area contributed by atoms with E-state index in [2.05, 4.69) is 9.43 Å². The van der Waals surface area contributed by atoms with Gasteiger partial charge in [0.25, 0.3) is 10.0 Å². The lowest BCUT2D eigenvalue weighted by Crippen LogP contribution is -1.96. The van der Waals surface area contributed by atoms with Gasteiger partial charge in [-0.1, -0.05) is 0 Å². The van der Waals surface area contributed by atoms with Gasteiger partial charge in [-0.05, 0) is 36.7 Å². The van der Waals surface area contributed by atoms with Gasteiger partial charge in [0.15, 0.2) is 0 Å². The van der Waals surface area contributed by atoms with Crippen molar-refractivity contribution in [1.82, 2.24) is 0 Å². The monoisotopic (exact) mass is 227 g/mol. The summed E-state index contributed by atoms with van der Waals surface area (Å²) in [6, 6.07) is 5.66. The average Bonchev–Trinajstić information content (AvgIpc) is 2.19. The molecule has 7 heteroatoms. The summed E-state index contributed by atoms with van der Waals surface area (Å²) in [7, 11) is -3.89. The minimum absolute atomic E-state index is 0.0521. The first kappa shape index (κ1) is 11.4. The van der Waals surface area contributed by atoms with E-state index in [0.29, 0.717) is 12.4 Å². The Bertz CT molecular complexity index is 474. The standard InChI is InChI=1S/C8H9N3O3S/c1-2-14-7-3-5-8(6-4-7)15(12,13)11-10-9/h3-6H,2H2,1H3. The summed E-state index contributed by atoms with van der Waals surface area (Å²) in [5.74, 6) is 0.567. The maximum Gasteiger partial charge on any atom is 0.264 e. The maximum atomic E-state index is 11.2. The summed E-state index contributed by atoms with van der Waals surface area (Å²) in [6.45, 7) is 2.33. The highest BCUT2D eigenvalue weighted by molar-refractivity contribution is 7.90. The molecular formula is C8H9N3O3S. The Kier molecular flexibility index (Phi) is 3.54. The first-order chi connectivity index (χ1) is 7.10. The van der Waals surface area contributed by atoms with Crippen LogP contribution in [-0.2, 0) is 10.0 Å². The molecule has 0 saturated carbocycles. The van der Waals surface area contributed by atoms with Crippen LogP contribution >= 0.6 is 0 Å². The van der Waals surface area contributed by atoms with Crippen molar-refractivity contribution in [2.24, 2.45) is 4.52 Å². The van der Waals surface area contributed by atoms with Gasteiger partial charge in [0.05, 0.1) is 11.5 Å². The minimum Gasteiger partial charge on any atom is -0.494 e. The van der Waals surface area contributed by atoms with E-state index in [-0.39, 0.29) is 4.90 Å². The molecule has 1 aromatic rings. The van der Waals surface area contributed by atoms with Crippen LogP contribution in [0.5, 0.6) is 5.75 Å². The molecule has 6 nitrogen and oxygen atoms in total. The largest absolute Gasteiger partial charge is 0.494 e. The number of benzene rings is 1. The molecule has 15 heavy (non-hydrogen) atoms. The van der Waals surface area contributed by atoms with Crippen molar-refractivity contribution in [3.05, 3.63) is 34.7 Å². The number of sulfonamides is 1. The molecule has 0 radical (unpaired) electrons. The van der Waals surface area contributed by atoms with Crippen LogP contribution in [0.4, 0.5) is 0 Å². The molecule has 0 unspecified atom stereocenters. The van der Waals surface area contributed by atoms with Gasteiger partial charge in [0.2, 0.25) is 0 Å². The number of rotatable bonds is 4. The second-order valence-corrected chi connectivity index (χ2v) is 4.14. The second kappa shape index (κ2) is 4.68. The molecule has 0 aliphatic carbocycles. The van der Waals surface area contributed by atoms with E-state index in [0.717, 1.165) is 0 Å². The predicted molar refractivity (Wildman–Crippen MR) is 53.9 cm³/mol. The third kappa shape index (κ3) is 2.87. The van der Waals surface area contributed by atoms with Crippen LogP contribution in [0.1, 0.15) is 6.92 Å². The van der Waals surface area contributed by atoms with Crippen molar-refractivity contribution in [3.63, 3.8) is 0 Å². The Morgan fingerprint density at radius 1 is 1.40 bits per heavy atom. The molecule has 0 aliphatic rings. The van der Waals surface area contributed by atoms with E-state index < -0.39 is 10.0 Å². The van der Waals surface area contributed by atoms with E-state index in [9.17, 15) is 8.42 Å². The fourth-order valence-corrected chi connectivity index (χ4v) is 1.64. The van der Waals surface area contributed by atoms with Gasteiger partial charge in [-0.15, -0.1) is 0 Å². The van der Waals surface area contributed by atoms with Crippen molar-refractivity contribution < 1.29 is 13.2 Å². The number of azide groups is 1. The Morgan fingerprint density at radius 2 is 2.00 bits per heavy atom. The summed E-state index contributed by atoms with van der Waals surface area (Å²) < 4.78 is 30.3. The number of hydrogen-bond acceptors (Lipinski definition) is 3. The van der Waals surface area contributed by atoms with Crippen molar-refractivity contribution in [1.29, 1.82) is 0 Å². The van der Waals surface area contributed by atoms with Crippen LogP contribution < -0.4 is 4.74 Å². The van der Waals surface area contributed by atoms with Crippen molar-refractivity contribution >= 4 is 10.0 Å². The molecule has 0 aromatic heterocycles. The lowest BCUT2D eigenvalue weighted by molar-refractivity contribution is 0.340. The third-order valence-corrected chi connectivity index (χ3v) is 2.73. The molecule has 0 N–H and O–H groups in total. The van der Waals surface area contributed by atoms with Crippen LogP contribution in [0.2, 0.25) is 0 Å². The van der Waals surface area contributed by atoms with Crippen LogP contribution in [0.15, 0.2) is 33.7 Å².